The Hall–Kier alpha value is -2.31. The number of thiophene rings is 1. The summed E-state index contributed by atoms with van der Waals surface area (Å²) in [5, 5.41) is 3.95. The van der Waals surface area contributed by atoms with Gasteiger partial charge in [0, 0.05) is 5.75 Å². The molecule has 3 rings (SSSR count). The lowest BCUT2D eigenvalue weighted by molar-refractivity contribution is 0.0875. The fourth-order valence-electron chi connectivity index (χ4n) is 2.08. The summed E-state index contributed by atoms with van der Waals surface area (Å²) < 4.78 is 5.10. The number of amides is 1. The molecule has 0 aliphatic carbocycles. The molecule has 24 heavy (non-hydrogen) atoms. The van der Waals surface area contributed by atoms with Gasteiger partial charge in [-0.1, -0.05) is 36.4 Å². The lowest BCUT2D eigenvalue weighted by atomic mass is 10.2. The molecule has 3 aromatic rings. The summed E-state index contributed by atoms with van der Waals surface area (Å²) >= 11 is 2.76. The van der Waals surface area contributed by atoms with Crippen LogP contribution in [0.15, 0.2) is 70.7 Å². The van der Waals surface area contributed by atoms with Crippen molar-refractivity contribution in [3.05, 3.63) is 82.4 Å². The number of rotatable bonds is 7. The highest BCUT2D eigenvalue weighted by molar-refractivity contribution is 7.99. The molecule has 1 atom stereocenters. The van der Waals surface area contributed by atoms with E-state index >= 15 is 0 Å². The van der Waals surface area contributed by atoms with Crippen LogP contribution in [0.25, 0.3) is 0 Å². The van der Waals surface area contributed by atoms with E-state index in [1.54, 1.807) is 18.2 Å². The molecule has 6 heteroatoms. The smallest absolute Gasteiger partial charge is 0.288 e. The standard InChI is InChI=1S/C18H15NO3S2/c20-16(15-9-5-11-23-15)18(19-17(21)14-8-4-10-22-14)24-12-13-6-2-1-3-7-13/h1-11,18H,12H2,(H,19,21). The highest BCUT2D eigenvalue weighted by Gasteiger charge is 2.24. The van der Waals surface area contributed by atoms with Gasteiger partial charge in [0.25, 0.3) is 5.91 Å². The Balaban J connectivity index is 1.73. The van der Waals surface area contributed by atoms with Crippen molar-refractivity contribution in [2.24, 2.45) is 0 Å². The number of Topliss-reactive ketones (excluding diaryl/α,β-unsaturated/α-hetero) is 1. The van der Waals surface area contributed by atoms with Crippen LogP contribution in [0.2, 0.25) is 0 Å². The van der Waals surface area contributed by atoms with Gasteiger partial charge in [0.2, 0.25) is 5.78 Å². The number of ketones is 1. The van der Waals surface area contributed by atoms with Gasteiger partial charge in [-0.15, -0.1) is 23.1 Å². The van der Waals surface area contributed by atoms with E-state index in [0.717, 1.165) is 5.56 Å². The van der Waals surface area contributed by atoms with Gasteiger partial charge >= 0.3 is 0 Å². The summed E-state index contributed by atoms with van der Waals surface area (Å²) in [6.45, 7) is 0. The van der Waals surface area contributed by atoms with Crippen LogP contribution in [0, 0.1) is 0 Å². The second-order valence-corrected chi connectivity index (χ2v) is 7.01. The third-order valence-electron chi connectivity index (χ3n) is 3.27. The molecule has 0 saturated carbocycles. The van der Waals surface area contributed by atoms with Crippen LogP contribution in [0.3, 0.4) is 0 Å². The van der Waals surface area contributed by atoms with Gasteiger partial charge in [-0.2, -0.15) is 0 Å². The van der Waals surface area contributed by atoms with Gasteiger partial charge in [0.1, 0.15) is 5.37 Å². The van der Waals surface area contributed by atoms with Crippen molar-refractivity contribution < 1.29 is 14.0 Å². The third kappa shape index (κ3) is 4.15. The van der Waals surface area contributed by atoms with E-state index in [2.05, 4.69) is 5.32 Å². The normalized spacial score (nSPS) is 11.8. The van der Waals surface area contributed by atoms with Crippen LogP contribution in [-0.2, 0) is 5.75 Å². The molecule has 1 N–H and O–H groups in total. The molecule has 0 aliphatic heterocycles. The molecule has 1 amide bonds. The van der Waals surface area contributed by atoms with E-state index in [0.29, 0.717) is 10.6 Å². The molecular weight excluding hydrogens is 342 g/mol. The van der Waals surface area contributed by atoms with Gasteiger partial charge in [-0.25, -0.2) is 0 Å². The maximum Gasteiger partial charge on any atom is 0.288 e. The number of hydrogen-bond acceptors (Lipinski definition) is 5. The van der Waals surface area contributed by atoms with Crippen molar-refractivity contribution in [2.45, 2.75) is 11.1 Å². The van der Waals surface area contributed by atoms with Gasteiger partial charge in [-0.05, 0) is 29.1 Å². The summed E-state index contributed by atoms with van der Waals surface area (Å²) in [5.41, 5.74) is 1.10. The summed E-state index contributed by atoms with van der Waals surface area (Å²) in [4.78, 5) is 25.5. The zero-order chi connectivity index (χ0) is 16.8. The molecule has 0 spiro atoms. The van der Waals surface area contributed by atoms with Crippen molar-refractivity contribution in [2.75, 3.05) is 0 Å². The summed E-state index contributed by atoms with van der Waals surface area (Å²) in [5.74, 6) is 0.321. The van der Waals surface area contributed by atoms with E-state index in [9.17, 15) is 9.59 Å². The molecule has 4 nitrogen and oxygen atoms in total. The number of carbonyl (C=O) groups is 2. The molecule has 0 radical (unpaired) electrons. The van der Waals surface area contributed by atoms with Crippen LogP contribution in [0.5, 0.6) is 0 Å². The topological polar surface area (TPSA) is 59.3 Å². The Morgan fingerprint density at radius 1 is 1.08 bits per heavy atom. The summed E-state index contributed by atoms with van der Waals surface area (Å²) in [6.07, 6.45) is 1.43. The predicted octanol–water partition coefficient (Wildman–Crippen LogP) is 4.21. The summed E-state index contributed by atoms with van der Waals surface area (Å²) in [7, 11) is 0. The van der Waals surface area contributed by atoms with E-state index in [-0.39, 0.29) is 11.5 Å². The molecular formula is C18H15NO3S2. The second kappa shape index (κ2) is 7.99. The largest absolute Gasteiger partial charge is 0.459 e. The maximum atomic E-state index is 12.7. The fraction of sp³-hybridized carbons (Fsp3) is 0.111. The van der Waals surface area contributed by atoms with E-state index in [1.807, 2.05) is 41.8 Å². The first-order chi connectivity index (χ1) is 11.7. The molecule has 0 saturated heterocycles. The molecule has 0 fully saturated rings. The van der Waals surface area contributed by atoms with Crippen molar-refractivity contribution in [3.8, 4) is 0 Å². The van der Waals surface area contributed by atoms with Crippen molar-refractivity contribution >= 4 is 34.8 Å². The van der Waals surface area contributed by atoms with Gasteiger partial charge in [-0.3, -0.25) is 9.59 Å². The van der Waals surface area contributed by atoms with Crippen molar-refractivity contribution in [1.82, 2.24) is 5.32 Å². The van der Waals surface area contributed by atoms with Crippen LogP contribution in [-0.4, -0.2) is 17.1 Å². The minimum Gasteiger partial charge on any atom is -0.459 e. The highest BCUT2D eigenvalue weighted by Crippen LogP contribution is 2.22. The monoisotopic (exact) mass is 357 g/mol. The van der Waals surface area contributed by atoms with E-state index < -0.39 is 11.3 Å². The average molecular weight is 357 g/mol. The molecule has 1 aromatic carbocycles. The lowest BCUT2D eigenvalue weighted by Gasteiger charge is -2.16. The molecule has 2 aromatic heterocycles. The zero-order valence-electron chi connectivity index (χ0n) is 12.7. The van der Waals surface area contributed by atoms with Crippen molar-refractivity contribution in [3.63, 3.8) is 0 Å². The van der Waals surface area contributed by atoms with Gasteiger partial charge in [0.05, 0.1) is 11.1 Å². The second-order valence-electron chi connectivity index (χ2n) is 4.97. The Morgan fingerprint density at radius 2 is 1.92 bits per heavy atom. The summed E-state index contributed by atoms with van der Waals surface area (Å²) in [6, 6.07) is 16.6. The van der Waals surface area contributed by atoms with E-state index in [4.69, 9.17) is 4.42 Å². The predicted molar refractivity (Wildman–Crippen MR) is 96.3 cm³/mol. The first-order valence-corrected chi connectivity index (χ1v) is 9.24. The molecule has 2 heterocycles. The Kier molecular flexibility index (Phi) is 5.51. The molecule has 1 unspecified atom stereocenters. The van der Waals surface area contributed by atoms with Gasteiger partial charge in [0.15, 0.2) is 5.76 Å². The van der Waals surface area contributed by atoms with Crippen molar-refractivity contribution in [1.29, 1.82) is 0 Å². The number of carbonyl (C=O) groups excluding carboxylic acids is 2. The Morgan fingerprint density at radius 3 is 2.58 bits per heavy atom. The van der Waals surface area contributed by atoms with Crippen LogP contribution < -0.4 is 5.32 Å². The Labute approximate surface area is 147 Å². The number of benzene rings is 1. The first kappa shape index (κ1) is 16.5. The number of thioether (sulfide) groups is 1. The Bertz CT molecular complexity index is 783. The van der Waals surface area contributed by atoms with Crippen LogP contribution >= 0.6 is 23.1 Å². The number of nitrogens with one attached hydrogen (secondary N) is 1. The van der Waals surface area contributed by atoms with Crippen LogP contribution in [0.1, 0.15) is 25.8 Å². The fourth-order valence-corrected chi connectivity index (χ4v) is 3.87. The quantitative estimate of drug-likeness (QED) is 0.508. The zero-order valence-corrected chi connectivity index (χ0v) is 14.3. The minimum absolute atomic E-state index is 0.106. The lowest BCUT2D eigenvalue weighted by Crippen LogP contribution is -2.38. The molecule has 122 valence electrons. The molecule has 0 aliphatic rings. The third-order valence-corrected chi connectivity index (χ3v) is 5.32. The number of furan rings is 1. The maximum absolute atomic E-state index is 12.7. The van der Waals surface area contributed by atoms with Gasteiger partial charge < -0.3 is 9.73 Å². The minimum atomic E-state index is -0.665. The van der Waals surface area contributed by atoms with Crippen LogP contribution in [0.4, 0.5) is 0 Å². The first-order valence-electron chi connectivity index (χ1n) is 7.31. The highest BCUT2D eigenvalue weighted by atomic mass is 32.2. The average Bonchev–Trinajstić information content (AvgIpc) is 3.32. The molecule has 0 bridgehead atoms. The SMILES string of the molecule is O=C(NC(SCc1ccccc1)C(=O)c1cccs1)c1ccco1. The van der Waals surface area contributed by atoms with E-state index in [1.165, 1.54) is 29.4 Å². The number of hydrogen-bond donors (Lipinski definition) is 1.